The summed E-state index contributed by atoms with van der Waals surface area (Å²) in [5.74, 6) is 0. The van der Waals surface area contributed by atoms with Gasteiger partial charge in [0.15, 0.2) is 0 Å². The van der Waals surface area contributed by atoms with Gasteiger partial charge in [-0.1, -0.05) is 30.3 Å². The van der Waals surface area contributed by atoms with Crippen LogP contribution in [0.15, 0.2) is 30.3 Å². The third-order valence-electron chi connectivity index (χ3n) is 2.57. The number of aliphatic hydroxyl groups excluding tert-OH is 1. The van der Waals surface area contributed by atoms with Crippen LogP contribution in [0.4, 0.5) is 8.78 Å². The van der Waals surface area contributed by atoms with Gasteiger partial charge in [-0.3, -0.25) is 0 Å². The molecule has 0 aliphatic heterocycles. The summed E-state index contributed by atoms with van der Waals surface area (Å²) in [5, 5.41) is 9.32. The molecule has 1 atom stereocenters. The summed E-state index contributed by atoms with van der Waals surface area (Å²) in [6.45, 7) is -0.762. The molecule has 17 heavy (non-hydrogen) atoms. The molecule has 0 heterocycles. The van der Waals surface area contributed by atoms with E-state index in [0.717, 1.165) is 5.56 Å². The fraction of sp³-hybridized carbons (Fsp3) is 0.500. The molecule has 1 aromatic rings. The molecule has 1 unspecified atom stereocenters. The van der Waals surface area contributed by atoms with Crippen molar-refractivity contribution >= 4 is 0 Å². The zero-order valence-corrected chi connectivity index (χ0v) is 9.48. The summed E-state index contributed by atoms with van der Waals surface area (Å²) in [6.07, 6.45) is -2.19. The third-order valence-corrected chi connectivity index (χ3v) is 2.57. The highest BCUT2D eigenvalue weighted by molar-refractivity contribution is 5.23. The van der Waals surface area contributed by atoms with Crippen molar-refractivity contribution in [2.24, 2.45) is 5.73 Å². The van der Waals surface area contributed by atoms with Crippen molar-refractivity contribution < 1.29 is 18.6 Å². The lowest BCUT2D eigenvalue weighted by Gasteiger charge is -2.27. The van der Waals surface area contributed by atoms with Crippen molar-refractivity contribution in [3.63, 3.8) is 0 Å². The summed E-state index contributed by atoms with van der Waals surface area (Å²) in [5.41, 5.74) is 5.84. The van der Waals surface area contributed by atoms with Crippen molar-refractivity contribution in [2.75, 3.05) is 19.8 Å². The van der Waals surface area contributed by atoms with Crippen LogP contribution >= 0.6 is 0 Å². The van der Waals surface area contributed by atoms with Gasteiger partial charge in [0.05, 0.1) is 12.1 Å². The predicted molar refractivity (Wildman–Crippen MR) is 60.8 cm³/mol. The fourth-order valence-electron chi connectivity index (χ4n) is 1.51. The van der Waals surface area contributed by atoms with Gasteiger partial charge in [0, 0.05) is 6.61 Å². The molecule has 0 aliphatic rings. The molecule has 5 heteroatoms. The second-order valence-electron chi connectivity index (χ2n) is 3.90. The van der Waals surface area contributed by atoms with Gasteiger partial charge in [-0.2, -0.15) is 0 Å². The largest absolute Gasteiger partial charge is 0.394 e. The molecule has 0 fully saturated rings. The molecule has 0 saturated carbocycles. The second kappa shape index (κ2) is 6.64. The third kappa shape index (κ3) is 4.38. The molecule has 0 aliphatic carbocycles. The van der Waals surface area contributed by atoms with Crippen LogP contribution in [0.2, 0.25) is 0 Å². The summed E-state index contributed by atoms with van der Waals surface area (Å²) in [6, 6.07) is 9.06. The lowest BCUT2D eigenvalue weighted by Crippen LogP contribution is -2.41. The highest BCUT2D eigenvalue weighted by Crippen LogP contribution is 2.21. The number of hydrogen-bond donors (Lipinski definition) is 2. The van der Waals surface area contributed by atoms with E-state index < -0.39 is 18.6 Å². The van der Waals surface area contributed by atoms with Gasteiger partial charge in [-0.15, -0.1) is 0 Å². The van der Waals surface area contributed by atoms with Crippen LogP contribution < -0.4 is 5.73 Å². The van der Waals surface area contributed by atoms with Crippen LogP contribution in [0.1, 0.15) is 12.0 Å². The predicted octanol–water partition coefficient (Wildman–Crippen LogP) is 1.50. The highest BCUT2D eigenvalue weighted by Gasteiger charge is 2.26. The number of rotatable bonds is 7. The van der Waals surface area contributed by atoms with E-state index in [0.29, 0.717) is 6.42 Å². The fourth-order valence-corrected chi connectivity index (χ4v) is 1.51. The molecule has 0 bridgehead atoms. The number of nitrogens with two attached hydrogens (primary N) is 1. The lowest BCUT2D eigenvalue weighted by molar-refractivity contribution is 0.00784. The quantitative estimate of drug-likeness (QED) is 0.716. The zero-order chi connectivity index (χ0) is 12.7. The molecular weight excluding hydrogens is 228 g/mol. The summed E-state index contributed by atoms with van der Waals surface area (Å²) < 4.78 is 28.5. The van der Waals surface area contributed by atoms with E-state index in [2.05, 4.69) is 0 Å². The van der Waals surface area contributed by atoms with Crippen LogP contribution in [-0.2, 0) is 10.3 Å². The Labute approximate surface area is 99.2 Å². The summed E-state index contributed by atoms with van der Waals surface area (Å²) >= 11 is 0. The molecule has 3 N–H and O–H groups in total. The number of ether oxygens (including phenoxy) is 1. The van der Waals surface area contributed by atoms with E-state index in [9.17, 15) is 13.9 Å². The standard InChI is InChI=1S/C12H17F2NO2/c13-11(14)8-17-7-6-12(15,9-16)10-4-2-1-3-5-10/h1-5,11,16H,6-9,15H2. The maximum absolute atomic E-state index is 11.9. The molecule has 0 spiro atoms. The van der Waals surface area contributed by atoms with Crippen molar-refractivity contribution in [3.8, 4) is 0 Å². The minimum Gasteiger partial charge on any atom is -0.394 e. The van der Waals surface area contributed by atoms with E-state index in [1.165, 1.54) is 0 Å². The van der Waals surface area contributed by atoms with Crippen LogP contribution in [0, 0.1) is 0 Å². The SMILES string of the molecule is NC(CO)(CCOCC(F)F)c1ccccc1. The highest BCUT2D eigenvalue weighted by atomic mass is 19.3. The topological polar surface area (TPSA) is 55.5 Å². The van der Waals surface area contributed by atoms with E-state index in [-0.39, 0.29) is 13.2 Å². The first-order valence-electron chi connectivity index (χ1n) is 5.39. The minimum absolute atomic E-state index is 0.0935. The van der Waals surface area contributed by atoms with Gasteiger partial charge in [0.2, 0.25) is 0 Å². The molecule has 1 rings (SSSR count). The van der Waals surface area contributed by atoms with Crippen LogP contribution in [0.3, 0.4) is 0 Å². The maximum Gasteiger partial charge on any atom is 0.261 e. The van der Waals surface area contributed by atoms with Crippen molar-refractivity contribution in [1.29, 1.82) is 0 Å². The molecular formula is C12H17F2NO2. The van der Waals surface area contributed by atoms with Gasteiger partial charge in [0.25, 0.3) is 6.43 Å². The molecule has 0 amide bonds. The summed E-state index contributed by atoms with van der Waals surface area (Å²) in [4.78, 5) is 0. The van der Waals surface area contributed by atoms with E-state index in [1.807, 2.05) is 18.2 Å². The number of benzene rings is 1. The Bertz CT molecular complexity index is 322. The number of aliphatic hydroxyl groups is 1. The zero-order valence-electron chi connectivity index (χ0n) is 9.48. The number of alkyl halides is 2. The Balaban J connectivity index is 2.52. The molecule has 0 saturated heterocycles. The van der Waals surface area contributed by atoms with Crippen LogP contribution in [0.25, 0.3) is 0 Å². The van der Waals surface area contributed by atoms with E-state index in [1.54, 1.807) is 12.1 Å². The van der Waals surface area contributed by atoms with Crippen molar-refractivity contribution in [1.82, 2.24) is 0 Å². The normalized spacial score (nSPS) is 14.9. The Morgan fingerprint density at radius 2 is 1.94 bits per heavy atom. The Morgan fingerprint density at radius 1 is 1.29 bits per heavy atom. The lowest BCUT2D eigenvalue weighted by atomic mass is 9.89. The average molecular weight is 245 g/mol. The minimum atomic E-state index is -2.48. The first-order valence-corrected chi connectivity index (χ1v) is 5.39. The maximum atomic E-state index is 11.9. The van der Waals surface area contributed by atoms with Crippen molar-refractivity contribution in [3.05, 3.63) is 35.9 Å². The molecule has 96 valence electrons. The van der Waals surface area contributed by atoms with Crippen LogP contribution in [0.5, 0.6) is 0 Å². The smallest absolute Gasteiger partial charge is 0.261 e. The molecule has 0 radical (unpaired) electrons. The molecule has 0 aromatic heterocycles. The number of hydrogen-bond acceptors (Lipinski definition) is 3. The van der Waals surface area contributed by atoms with Gasteiger partial charge in [-0.05, 0) is 12.0 Å². The van der Waals surface area contributed by atoms with Gasteiger partial charge in [-0.25, -0.2) is 8.78 Å². The monoisotopic (exact) mass is 245 g/mol. The van der Waals surface area contributed by atoms with Gasteiger partial charge >= 0.3 is 0 Å². The van der Waals surface area contributed by atoms with Gasteiger partial charge in [0.1, 0.15) is 6.61 Å². The molecule has 1 aromatic carbocycles. The van der Waals surface area contributed by atoms with E-state index >= 15 is 0 Å². The van der Waals surface area contributed by atoms with Gasteiger partial charge < -0.3 is 15.6 Å². The van der Waals surface area contributed by atoms with Crippen molar-refractivity contribution in [2.45, 2.75) is 18.4 Å². The Kier molecular flexibility index (Phi) is 5.47. The summed E-state index contributed by atoms with van der Waals surface area (Å²) in [7, 11) is 0. The van der Waals surface area contributed by atoms with E-state index in [4.69, 9.17) is 10.5 Å². The average Bonchev–Trinajstić information content (AvgIpc) is 2.35. The Hall–Kier alpha value is -1.04. The Morgan fingerprint density at radius 3 is 2.47 bits per heavy atom. The first kappa shape index (κ1) is 14.0. The first-order chi connectivity index (χ1) is 8.08. The molecule has 3 nitrogen and oxygen atoms in total. The van der Waals surface area contributed by atoms with Crippen LogP contribution in [-0.4, -0.2) is 31.4 Å². The second-order valence-corrected chi connectivity index (χ2v) is 3.90. The number of halogens is 2.